The highest BCUT2D eigenvalue weighted by Crippen LogP contribution is 2.08. The van der Waals surface area contributed by atoms with Crippen LogP contribution in [0.2, 0.25) is 0 Å². The fourth-order valence-corrected chi connectivity index (χ4v) is 1.87. The second kappa shape index (κ2) is 7.68. The Morgan fingerprint density at radius 1 is 1.20 bits per heavy atom. The SMILES string of the molecule is Cc1ccc(CCCC(=O)NC(C)C(C)C(=O)O)cc1. The molecule has 0 fully saturated rings. The van der Waals surface area contributed by atoms with Gasteiger partial charge >= 0.3 is 5.97 Å². The molecule has 0 spiro atoms. The second-order valence-corrected chi connectivity index (χ2v) is 5.32. The fourth-order valence-electron chi connectivity index (χ4n) is 1.87. The van der Waals surface area contributed by atoms with Crippen molar-refractivity contribution in [2.24, 2.45) is 5.92 Å². The van der Waals surface area contributed by atoms with Gasteiger partial charge in [-0.1, -0.05) is 29.8 Å². The van der Waals surface area contributed by atoms with E-state index in [-0.39, 0.29) is 11.9 Å². The highest BCUT2D eigenvalue weighted by molar-refractivity contribution is 5.77. The second-order valence-electron chi connectivity index (χ2n) is 5.32. The van der Waals surface area contributed by atoms with Crippen LogP contribution in [0.15, 0.2) is 24.3 Å². The van der Waals surface area contributed by atoms with Crippen molar-refractivity contribution in [3.8, 4) is 0 Å². The van der Waals surface area contributed by atoms with E-state index in [0.717, 1.165) is 12.8 Å². The van der Waals surface area contributed by atoms with Crippen LogP contribution in [0.3, 0.4) is 0 Å². The van der Waals surface area contributed by atoms with Gasteiger partial charge in [0, 0.05) is 12.5 Å². The summed E-state index contributed by atoms with van der Waals surface area (Å²) in [5, 5.41) is 11.6. The first-order valence-electron chi connectivity index (χ1n) is 6.98. The number of aryl methyl sites for hydroxylation is 2. The number of amides is 1. The lowest BCUT2D eigenvalue weighted by Gasteiger charge is -2.17. The van der Waals surface area contributed by atoms with E-state index < -0.39 is 11.9 Å². The average molecular weight is 277 g/mol. The van der Waals surface area contributed by atoms with Gasteiger partial charge in [-0.3, -0.25) is 9.59 Å². The molecule has 110 valence electrons. The number of nitrogens with one attached hydrogen (secondary N) is 1. The van der Waals surface area contributed by atoms with E-state index in [1.807, 2.05) is 6.92 Å². The molecule has 2 unspecified atom stereocenters. The van der Waals surface area contributed by atoms with Crippen LogP contribution < -0.4 is 5.32 Å². The highest BCUT2D eigenvalue weighted by Gasteiger charge is 2.20. The lowest BCUT2D eigenvalue weighted by atomic mass is 10.0. The number of benzene rings is 1. The molecule has 2 N–H and O–H groups in total. The van der Waals surface area contributed by atoms with Gasteiger partial charge in [0.1, 0.15) is 0 Å². The van der Waals surface area contributed by atoms with Crippen molar-refractivity contribution in [2.75, 3.05) is 0 Å². The molecule has 4 heteroatoms. The van der Waals surface area contributed by atoms with Crippen molar-refractivity contribution in [3.63, 3.8) is 0 Å². The summed E-state index contributed by atoms with van der Waals surface area (Å²) >= 11 is 0. The first-order chi connectivity index (χ1) is 9.40. The van der Waals surface area contributed by atoms with E-state index in [1.54, 1.807) is 13.8 Å². The molecule has 0 bridgehead atoms. The third-order valence-electron chi connectivity index (χ3n) is 3.52. The first kappa shape index (κ1) is 16.2. The van der Waals surface area contributed by atoms with E-state index in [1.165, 1.54) is 11.1 Å². The van der Waals surface area contributed by atoms with Gasteiger partial charge in [0.2, 0.25) is 5.91 Å². The highest BCUT2D eigenvalue weighted by atomic mass is 16.4. The fraction of sp³-hybridized carbons (Fsp3) is 0.500. The molecule has 0 aliphatic carbocycles. The maximum atomic E-state index is 11.7. The molecule has 0 saturated carbocycles. The summed E-state index contributed by atoms with van der Waals surface area (Å²) in [4.78, 5) is 22.5. The quantitative estimate of drug-likeness (QED) is 0.805. The molecule has 1 aromatic carbocycles. The number of carbonyl (C=O) groups is 2. The van der Waals surface area contributed by atoms with E-state index in [0.29, 0.717) is 6.42 Å². The predicted molar refractivity (Wildman–Crippen MR) is 78.5 cm³/mol. The summed E-state index contributed by atoms with van der Waals surface area (Å²) in [6.45, 7) is 5.36. The van der Waals surface area contributed by atoms with Crippen LogP contribution in [0.4, 0.5) is 0 Å². The molecule has 1 amide bonds. The molecule has 4 nitrogen and oxygen atoms in total. The Kier molecular flexibility index (Phi) is 6.22. The Morgan fingerprint density at radius 2 is 1.80 bits per heavy atom. The summed E-state index contributed by atoms with van der Waals surface area (Å²) < 4.78 is 0. The number of hydrogen-bond acceptors (Lipinski definition) is 2. The molecule has 2 atom stereocenters. The molecule has 0 heterocycles. The van der Waals surface area contributed by atoms with Crippen molar-refractivity contribution in [3.05, 3.63) is 35.4 Å². The van der Waals surface area contributed by atoms with E-state index in [4.69, 9.17) is 5.11 Å². The number of carboxylic acids is 1. The molecule has 1 rings (SSSR count). The van der Waals surface area contributed by atoms with Gasteiger partial charge < -0.3 is 10.4 Å². The van der Waals surface area contributed by atoms with E-state index in [9.17, 15) is 9.59 Å². The molecule has 20 heavy (non-hydrogen) atoms. The van der Waals surface area contributed by atoms with E-state index >= 15 is 0 Å². The smallest absolute Gasteiger partial charge is 0.308 e. The summed E-state index contributed by atoms with van der Waals surface area (Å²) in [7, 11) is 0. The van der Waals surface area contributed by atoms with Crippen LogP contribution in [-0.2, 0) is 16.0 Å². The van der Waals surface area contributed by atoms with Gasteiger partial charge in [-0.15, -0.1) is 0 Å². The van der Waals surface area contributed by atoms with Crippen LogP contribution in [-0.4, -0.2) is 23.0 Å². The van der Waals surface area contributed by atoms with Crippen molar-refractivity contribution < 1.29 is 14.7 Å². The summed E-state index contributed by atoms with van der Waals surface area (Å²) in [5.74, 6) is -1.55. The number of hydrogen-bond donors (Lipinski definition) is 2. The third kappa shape index (κ3) is 5.43. The number of aliphatic carboxylic acids is 1. The summed E-state index contributed by atoms with van der Waals surface area (Å²) in [5.41, 5.74) is 2.44. The molecule has 0 radical (unpaired) electrons. The Morgan fingerprint density at radius 3 is 2.35 bits per heavy atom. The molecule has 0 saturated heterocycles. The molecule has 0 aliphatic heterocycles. The molecular weight excluding hydrogens is 254 g/mol. The Hall–Kier alpha value is -1.84. The Labute approximate surface area is 120 Å². The zero-order chi connectivity index (χ0) is 15.1. The number of carbonyl (C=O) groups excluding carboxylic acids is 1. The topological polar surface area (TPSA) is 66.4 Å². The van der Waals surface area contributed by atoms with Crippen LogP contribution in [0.25, 0.3) is 0 Å². The zero-order valence-corrected chi connectivity index (χ0v) is 12.3. The number of rotatable bonds is 7. The summed E-state index contributed by atoms with van der Waals surface area (Å²) in [6.07, 6.45) is 2.05. The monoisotopic (exact) mass is 277 g/mol. The van der Waals surface area contributed by atoms with Crippen LogP contribution in [0.1, 0.15) is 37.8 Å². The molecule has 0 aromatic heterocycles. The Balaban J connectivity index is 2.29. The first-order valence-corrected chi connectivity index (χ1v) is 6.98. The minimum Gasteiger partial charge on any atom is -0.481 e. The predicted octanol–water partition coefficient (Wildman–Crippen LogP) is 2.54. The van der Waals surface area contributed by atoms with Gasteiger partial charge in [-0.2, -0.15) is 0 Å². The van der Waals surface area contributed by atoms with Crippen molar-refractivity contribution in [1.82, 2.24) is 5.32 Å². The average Bonchev–Trinajstić information content (AvgIpc) is 2.39. The van der Waals surface area contributed by atoms with Gasteiger partial charge in [0.25, 0.3) is 0 Å². The van der Waals surface area contributed by atoms with Gasteiger partial charge in [0.15, 0.2) is 0 Å². The van der Waals surface area contributed by atoms with Crippen LogP contribution >= 0.6 is 0 Å². The lowest BCUT2D eigenvalue weighted by molar-refractivity contribution is -0.142. The van der Waals surface area contributed by atoms with Crippen molar-refractivity contribution in [1.29, 1.82) is 0 Å². The van der Waals surface area contributed by atoms with Crippen LogP contribution in [0, 0.1) is 12.8 Å². The lowest BCUT2D eigenvalue weighted by Crippen LogP contribution is -2.39. The van der Waals surface area contributed by atoms with Crippen molar-refractivity contribution >= 4 is 11.9 Å². The van der Waals surface area contributed by atoms with E-state index in [2.05, 4.69) is 29.6 Å². The maximum absolute atomic E-state index is 11.7. The Bertz CT molecular complexity index is 453. The zero-order valence-electron chi connectivity index (χ0n) is 12.3. The minimum atomic E-state index is -0.891. The van der Waals surface area contributed by atoms with Crippen molar-refractivity contribution in [2.45, 2.75) is 46.1 Å². The third-order valence-corrected chi connectivity index (χ3v) is 3.52. The molecular formula is C16H23NO3. The normalized spacial score (nSPS) is 13.6. The standard InChI is InChI=1S/C16H23NO3/c1-11-7-9-14(10-8-11)5-4-6-15(18)17-13(3)12(2)16(19)20/h7-10,12-13H,4-6H2,1-3H3,(H,17,18)(H,19,20). The molecule has 1 aromatic rings. The van der Waals surface area contributed by atoms with Crippen LogP contribution in [0.5, 0.6) is 0 Å². The molecule has 0 aliphatic rings. The largest absolute Gasteiger partial charge is 0.481 e. The maximum Gasteiger partial charge on any atom is 0.308 e. The number of carboxylic acid groups (broad SMARTS) is 1. The minimum absolute atomic E-state index is 0.0855. The van der Waals surface area contributed by atoms with Gasteiger partial charge in [-0.05, 0) is 39.2 Å². The van der Waals surface area contributed by atoms with Gasteiger partial charge in [0.05, 0.1) is 5.92 Å². The van der Waals surface area contributed by atoms with Gasteiger partial charge in [-0.25, -0.2) is 0 Å². The summed E-state index contributed by atoms with van der Waals surface area (Å²) in [6, 6.07) is 7.92.